The van der Waals surface area contributed by atoms with Crippen LogP contribution in [0, 0.1) is 0 Å². The number of nitrogens with zero attached hydrogens (tertiary/aromatic N) is 1. The molecule has 1 aromatic rings. The zero-order valence-electron chi connectivity index (χ0n) is 12.9. The lowest BCUT2D eigenvalue weighted by Gasteiger charge is -2.25. The van der Waals surface area contributed by atoms with E-state index in [-0.39, 0.29) is 30.1 Å². The van der Waals surface area contributed by atoms with E-state index >= 15 is 0 Å². The molecule has 1 atom stereocenters. The molecule has 1 aliphatic carbocycles. The van der Waals surface area contributed by atoms with Crippen molar-refractivity contribution in [1.82, 2.24) is 10.2 Å². The van der Waals surface area contributed by atoms with Gasteiger partial charge in [-0.05, 0) is 43.9 Å². The Labute approximate surface area is 133 Å². The maximum atomic E-state index is 13.1. The van der Waals surface area contributed by atoms with Crippen LogP contribution < -0.4 is 5.32 Å². The molecule has 1 saturated carbocycles. The average molecular weight is 326 g/mol. The van der Waals surface area contributed by atoms with E-state index in [9.17, 15) is 18.0 Å². The van der Waals surface area contributed by atoms with Gasteiger partial charge in [-0.3, -0.25) is 4.79 Å². The van der Waals surface area contributed by atoms with E-state index in [1.165, 1.54) is 12.1 Å². The van der Waals surface area contributed by atoms with Crippen LogP contribution >= 0.6 is 0 Å². The Morgan fingerprint density at radius 3 is 2.57 bits per heavy atom. The Bertz CT molecular complexity index is 563. The maximum absolute atomic E-state index is 13.1. The molecule has 0 spiro atoms. The zero-order valence-corrected chi connectivity index (χ0v) is 12.9. The first-order valence-corrected chi connectivity index (χ1v) is 8.13. The highest BCUT2D eigenvalue weighted by atomic mass is 19.4. The summed E-state index contributed by atoms with van der Waals surface area (Å²) >= 11 is 0. The van der Waals surface area contributed by atoms with E-state index < -0.39 is 11.7 Å². The minimum atomic E-state index is -4.39. The van der Waals surface area contributed by atoms with Gasteiger partial charge in [-0.1, -0.05) is 18.2 Å². The second-order valence-electron chi connectivity index (χ2n) is 6.41. The lowest BCUT2D eigenvalue weighted by atomic mass is 10.1. The molecular formula is C17H21F3N2O. The summed E-state index contributed by atoms with van der Waals surface area (Å²) in [4.78, 5) is 14.2. The Hall–Kier alpha value is -1.56. The fraction of sp³-hybridized carbons (Fsp3) is 0.588. The highest BCUT2D eigenvalue weighted by Crippen LogP contribution is 2.35. The predicted molar refractivity (Wildman–Crippen MR) is 80.7 cm³/mol. The molecule has 1 heterocycles. The van der Waals surface area contributed by atoms with Gasteiger partial charge in [-0.25, -0.2) is 0 Å². The summed E-state index contributed by atoms with van der Waals surface area (Å²) in [5.74, 6) is -0.0381. The van der Waals surface area contributed by atoms with Crippen LogP contribution in [0.15, 0.2) is 24.3 Å². The maximum Gasteiger partial charge on any atom is 0.416 e. The lowest BCUT2D eigenvalue weighted by molar-refractivity contribution is -0.140. The molecule has 2 fully saturated rings. The van der Waals surface area contributed by atoms with Gasteiger partial charge < -0.3 is 10.2 Å². The predicted octanol–water partition coefficient (Wildman–Crippen LogP) is 3.34. The number of carbonyl (C=O) groups is 1. The van der Waals surface area contributed by atoms with E-state index in [1.54, 1.807) is 11.0 Å². The molecule has 1 aromatic carbocycles. The molecule has 0 radical (unpaired) electrons. The van der Waals surface area contributed by atoms with Crippen molar-refractivity contribution < 1.29 is 18.0 Å². The lowest BCUT2D eigenvalue weighted by Crippen LogP contribution is -2.37. The van der Waals surface area contributed by atoms with Crippen molar-refractivity contribution in [3.05, 3.63) is 35.4 Å². The third-order valence-electron chi connectivity index (χ3n) is 4.55. The molecule has 2 aliphatic rings. The van der Waals surface area contributed by atoms with Crippen LogP contribution in [0.25, 0.3) is 0 Å². The van der Waals surface area contributed by atoms with E-state index in [4.69, 9.17) is 0 Å². The Balaban J connectivity index is 1.74. The minimum absolute atomic E-state index is 0.0381. The topological polar surface area (TPSA) is 32.3 Å². The smallest absolute Gasteiger partial charge is 0.335 e. The Morgan fingerprint density at radius 1 is 1.22 bits per heavy atom. The van der Waals surface area contributed by atoms with Crippen LogP contribution in [0.3, 0.4) is 0 Å². The van der Waals surface area contributed by atoms with E-state index in [0.717, 1.165) is 38.3 Å². The average Bonchev–Trinajstić information content (AvgIpc) is 3.21. The van der Waals surface area contributed by atoms with Gasteiger partial charge in [0.15, 0.2) is 0 Å². The van der Waals surface area contributed by atoms with Crippen molar-refractivity contribution in [1.29, 1.82) is 0 Å². The van der Waals surface area contributed by atoms with Crippen LogP contribution in [-0.4, -0.2) is 29.4 Å². The van der Waals surface area contributed by atoms with E-state index in [0.29, 0.717) is 6.42 Å². The first-order chi connectivity index (χ1) is 10.9. The van der Waals surface area contributed by atoms with Crippen LogP contribution in [0.1, 0.15) is 43.2 Å². The molecule has 1 saturated heterocycles. The van der Waals surface area contributed by atoms with Gasteiger partial charge in [0.05, 0.1) is 5.56 Å². The van der Waals surface area contributed by atoms with E-state index in [2.05, 4.69) is 5.32 Å². The van der Waals surface area contributed by atoms with Crippen LogP contribution in [0.5, 0.6) is 0 Å². The third kappa shape index (κ3) is 4.05. The number of alkyl halides is 3. The monoisotopic (exact) mass is 326 g/mol. The first kappa shape index (κ1) is 16.3. The Kier molecular flexibility index (Phi) is 4.62. The molecule has 23 heavy (non-hydrogen) atoms. The number of hydrogen-bond acceptors (Lipinski definition) is 2. The number of carbonyl (C=O) groups excluding carboxylic acids is 1. The van der Waals surface area contributed by atoms with Gasteiger partial charge in [-0.15, -0.1) is 0 Å². The molecule has 3 rings (SSSR count). The van der Waals surface area contributed by atoms with E-state index in [1.807, 2.05) is 0 Å². The normalized spacial score (nSPS) is 21.4. The second-order valence-corrected chi connectivity index (χ2v) is 6.41. The molecule has 1 N–H and O–H groups in total. The summed E-state index contributed by atoms with van der Waals surface area (Å²) in [6.45, 7) is 0.962. The quantitative estimate of drug-likeness (QED) is 0.900. The summed E-state index contributed by atoms with van der Waals surface area (Å²) in [6, 6.07) is 5.81. The minimum Gasteiger partial charge on any atom is -0.335 e. The third-order valence-corrected chi connectivity index (χ3v) is 4.55. The van der Waals surface area contributed by atoms with Crippen molar-refractivity contribution in [3.63, 3.8) is 0 Å². The second kappa shape index (κ2) is 6.51. The molecule has 126 valence electrons. The summed E-state index contributed by atoms with van der Waals surface area (Å²) in [6.07, 6.45) is -0.218. The first-order valence-electron chi connectivity index (χ1n) is 8.13. The van der Waals surface area contributed by atoms with Crippen molar-refractivity contribution in [2.75, 3.05) is 6.54 Å². The highest BCUT2D eigenvalue weighted by Gasteiger charge is 2.37. The number of benzene rings is 1. The highest BCUT2D eigenvalue weighted by molar-refractivity contribution is 5.77. The largest absolute Gasteiger partial charge is 0.416 e. The van der Waals surface area contributed by atoms with Crippen molar-refractivity contribution in [3.8, 4) is 0 Å². The number of nitrogens with one attached hydrogen (secondary N) is 1. The molecule has 0 aromatic heterocycles. The zero-order chi connectivity index (χ0) is 16.4. The van der Waals surface area contributed by atoms with Crippen LogP contribution in [0.2, 0.25) is 0 Å². The van der Waals surface area contributed by atoms with Crippen LogP contribution in [0.4, 0.5) is 13.2 Å². The number of halogens is 3. The molecule has 1 amide bonds. The Morgan fingerprint density at radius 2 is 1.96 bits per heavy atom. The van der Waals surface area contributed by atoms with Gasteiger partial charge in [0.2, 0.25) is 5.91 Å². The molecular weight excluding hydrogens is 305 g/mol. The molecule has 1 unspecified atom stereocenters. The fourth-order valence-electron chi connectivity index (χ4n) is 3.18. The number of rotatable bonds is 5. The van der Waals surface area contributed by atoms with Gasteiger partial charge in [0.25, 0.3) is 0 Å². The molecule has 3 nitrogen and oxygen atoms in total. The molecule has 1 aliphatic heterocycles. The number of amides is 1. The fourth-order valence-corrected chi connectivity index (χ4v) is 3.18. The SMILES string of the molecule is O=C(CC1CCCN1)N(Cc1ccccc1C(F)(F)F)C1CC1. The van der Waals surface area contributed by atoms with Crippen LogP contribution in [-0.2, 0) is 17.5 Å². The summed E-state index contributed by atoms with van der Waals surface area (Å²) < 4.78 is 39.4. The standard InChI is InChI=1S/C17H21F3N2O/c18-17(19,20)15-6-2-1-4-12(15)11-22(14-7-8-14)16(23)10-13-5-3-9-21-13/h1-2,4,6,13-14,21H,3,5,7-11H2. The number of hydrogen-bond donors (Lipinski definition) is 1. The van der Waals surface area contributed by atoms with Crippen molar-refractivity contribution >= 4 is 5.91 Å². The molecule has 0 bridgehead atoms. The van der Waals surface area contributed by atoms with Crippen molar-refractivity contribution in [2.24, 2.45) is 0 Å². The summed E-state index contributed by atoms with van der Waals surface area (Å²) in [5.41, 5.74) is -0.461. The van der Waals surface area contributed by atoms with Gasteiger partial charge >= 0.3 is 6.18 Å². The summed E-state index contributed by atoms with van der Waals surface area (Å²) in [7, 11) is 0. The van der Waals surface area contributed by atoms with Gasteiger partial charge in [-0.2, -0.15) is 13.2 Å². The van der Waals surface area contributed by atoms with Gasteiger partial charge in [0, 0.05) is 25.0 Å². The van der Waals surface area contributed by atoms with Crippen molar-refractivity contribution in [2.45, 2.75) is 56.9 Å². The summed E-state index contributed by atoms with van der Waals surface area (Å²) in [5, 5.41) is 3.27. The molecule has 6 heteroatoms. The van der Waals surface area contributed by atoms with Gasteiger partial charge in [0.1, 0.15) is 0 Å².